The average molecular weight is 220 g/mol. The van der Waals surface area contributed by atoms with Crippen molar-refractivity contribution in [1.29, 1.82) is 0 Å². The predicted octanol–water partition coefficient (Wildman–Crippen LogP) is 4.59. The number of benzene rings is 2. The highest BCUT2D eigenvalue weighted by Gasteiger charge is 2.14. The van der Waals surface area contributed by atoms with Gasteiger partial charge in [0, 0.05) is 0 Å². The van der Waals surface area contributed by atoms with Crippen LogP contribution in [0.5, 0.6) is 0 Å². The second kappa shape index (κ2) is 5.31. The van der Waals surface area contributed by atoms with Crippen LogP contribution in [0.1, 0.15) is 16.7 Å². The Balaban J connectivity index is 0.000000514. The average Bonchev–Trinajstić information content (AvgIpc) is 2.40. The summed E-state index contributed by atoms with van der Waals surface area (Å²) in [6.45, 7) is 6.00. The Morgan fingerprint density at radius 3 is 2.12 bits per heavy atom. The third-order valence-corrected chi connectivity index (χ3v) is 2.87. The smallest absolute Gasteiger partial charge is 0.00194 e. The maximum atomic E-state index is 3.00. The van der Waals surface area contributed by atoms with Crippen LogP contribution in [0, 0.1) is 0 Å². The molecule has 0 saturated heterocycles. The van der Waals surface area contributed by atoms with Crippen LogP contribution in [-0.2, 0) is 6.42 Å². The van der Waals surface area contributed by atoms with Gasteiger partial charge in [0.05, 0.1) is 0 Å². The van der Waals surface area contributed by atoms with Crippen molar-refractivity contribution in [3.8, 4) is 0 Å². The van der Waals surface area contributed by atoms with Gasteiger partial charge in [-0.3, -0.25) is 0 Å². The van der Waals surface area contributed by atoms with E-state index in [1.807, 2.05) is 0 Å². The van der Waals surface area contributed by atoms with Gasteiger partial charge in [-0.15, -0.1) is 13.2 Å². The lowest BCUT2D eigenvalue weighted by molar-refractivity contribution is 1.27. The normalized spacial score (nSPS) is 11.4. The van der Waals surface area contributed by atoms with Crippen molar-refractivity contribution in [2.45, 2.75) is 6.42 Å². The second-order valence-corrected chi connectivity index (χ2v) is 3.92. The van der Waals surface area contributed by atoms with Gasteiger partial charge in [0.15, 0.2) is 0 Å². The van der Waals surface area contributed by atoms with Crippen LogP contribution in [0.4, 0.5) is 0 Å². The molecule has 17 heavy (non-hydrogen) atoms. The van der Waals surface area contributed by atoms with Crippen molar-refractivity contribution in [2.75, 3.05) is 0 Å². The fourth-order valence-corrected chi connectivity index (χ4v) is 2.07. The molecule has 3 rings (SSSR count). The molecule has 1 aliphatic carbocycles. The molecule has 0 nitrogen and oxygen atoms in total. The molecule has 1 aliphatic rings. The molecule has 0 fully saturated rings. The summed E-state index contributed by atoms with van der Waals surface area (Å²) in [7, 11) is 0. The highest BCUT2D eigenvalue weighted by molar-refractivity contribution is 5.96. The third kappa shape index (κ3) is 2.36. The number of allylic oxidation sites excluding steroid dienone is 1. The molecule has 0 heterocycles. The fraction of sp³-hybridized carbons (Fsp3) is 0.0588. The molecule has 0 spiro atoms. The van der Waals surface area contributed by atoms with Crippen molar-refractivity contribution >= 4 is 11.6 Å². The van der Waals surface area contributed by atoms with Gasteiger partial charge in [-0.2, -0.15) is 0 Å². The molecule has 84 valence electrons. The molecule has 0 aromatic heterocycles. The Labute approximate surface area is 103 Å². The molecule has 0 bridgehead atoms. The van der Waals surface area contributed by atoms with Crippen LogP contribution < -0.4 is 0 Å². The van der Waals surface area contributed by atoms with Gasteiger partial charge in [-0.1, -0.05) is 60.7 Å². The van der Waals surface area contributed by atoms with Gasteiger partial charge in [-0.25, -0.2) is 0 Å². The van der Waals surface area contributed by atoms with E-state index in [0.717, 1.165) is 6.42 Å². The molecule has 0 amide bonds. The van der Waals surface area contributed by atoms with Gasteiger partial charge in [0.2, 0.25) is 0 Å². The third-order valence-electron chi connectivity index (χ3n) is 2.87. The largest absolute Gasteiger partial charge is 0.106 e. The summed E-state index contributed by atoms with van der Waals surface area (Å²) in [6.07, 6.45) is 3.33. The summed E-state index contributed by atoms with van der Waals surface area (Å²) in [5.41, 5.74) is 5.64. The molecule has 0 heteroatoms. The number of hydrogen-bond donors (Lipinski definition) is 0. The first kappa shape index (κ1) is 11.4. The zero-order valence-electron chi connectivity index (χ0n) is 9.89. The lowest BCUT2D eigenvalue weighted by atomic mass is 9.85. The monoisotopic (exact) mass is 220 g/mol. The highest BCUT2D eigenvalue weighted by Crippen LogP contribution is 2.34. The van der Waals surface area contributed by atoms with E-state index in [0.29, 0.717) is 0 Å². The van der Waals surface area contributed by atoms with E-state index in [2.05, 4.69) is 73.8 Å². The van der Waals surface area contributed by atoms with Crippen LogP contribution in [0.3, 0.4) is 0 Å². The Hall–Kier alpha value is -2.08. The molecule has 0 unspecified atom stereocenters. The molecule has 0 saturated carbocycles. The minimum absolute atomic E-state index is 1.05. The van der Waals surface area contributed by atoms with Gasteiger partial charge < -0.3 is 0 Å². The van der Waals surface area contributed by atoms with Gasteiger partial charge in [0.1, 0.15) is 0 Å². The van der Waals surface area contributed by atoms with E-state index >= 15 is 0 Å². The van der Waals surface area contributed by atoms with Crippen molar-refractivity contribution in [1.82, 2.24) is 0 Å². The molecular formula is C17H16. The predicted molar refractivity (Wildman–Crippen MR) is 75.7 cm³/mol. The summed E-state index contributed by atoms with van der Waals surface area (Å²) in [4.78, 5) is 0. The molecule has 0 aliphatic heterocycles. The van der Waals surface area contributed by atoms with Crippen LogP contribution in [0.25, 0.3) is 11.6 Å². The molecule has 2 aromatic rings. The lowest BCUT2D eigenvalue weighted by Crippen LogP contribution is -2.00. The van der Waals surface area contributed by atoms with Gasteiger partial charge in [-0.05, 0) is 28.7 Å². The molecule has 0 atom stereocenters. The summed E-state index contributed by atoms with van der Waals surface area (Å²) < 4.78 is 0. The molecule has 2 aromatic carbocycles. The van der Waals surface area contributed by atoms with Crippen molar-refractivity contribution in [3.05, 3.63) is 84.4 Å². The lowest BCUT2D eigenvalue weighted by Gasteiger charge is -2.19. The maximum absolute atomic E-state index is 3.00. The Morgan fingerprint density at radius 1 is 0.765 bits per heavy atom. The van der Waals surface area contributed by atoms with Crippen molar-refractivity contribution < 1.29 is 0 Å². The first-order valence-electron chi connectivity index (χ1n) is 5.77. The van der Waals surface area contributed by atoms with Crippen LogP contribution >= 0.6 is 0 Å². The minimum Gasteiger partial charge on any atom is -0.106 e. The van der Waals surface area contributed by atoms with E-state index in [1.165, 1.54) is 22.3 Å². The minimum atomic E-state index is 1.05. The maximum Gasteiger partial charge on any atom is -0.00194 e. The number of rotatable bonds is 2. The van der Waals surface area contributed by atoms with Crippen molar-refractivity contribution in [2.24, 2.45) is 0 Å². The van der Waals surface area contributed by atoms with Crippen LogP contribution in [0.2, 0.25) is 0 Å². The zero-order chi connectivity index (χ0) is 12.1. The quantitative estimate of drug-likeness (QED) is 0.649. The number of fused-ring (bicyclic) bond motifs is 1. The van der Waals surface area contributed by atoms with Crippen molar-refractivity contribution in [3.63, 3.8) is 0 Å². The van der Waals surface area contributed by atoms with Crippen LogP contribution in [0.15, 0.2) is 67.8 Å². The van der Waals surface area contributed by atoms with Crippen LogP contribution in [-0.4, -0.2) is 0 Å². The Bertz CT molecular complexity index is 521. The first-order chi connectivity index (χ1) is 8.43. The summed E-state index contributed by atoms with van der Waals surface area (Å²) in [5, 5.41) is 0. The standard InChI is InChI=1S/C15H12.C2H4/c1-2-6-12(7-3-1)10-14-11-13-8-4-5-9-15(13)14;1-2/h1-9,11H,10H2;1-2H2. The summed E-state index contributed by atoms with van der Waals surface area (Å²) >= 11 is 0. The van der Waals surface area contributed by atoms with E-state index in [1.54, 1.807) is 0 Å². The SMILES string of the molecule is C1=C(Cc2ccccc2)c2ccccc21.C=C. The fourth-order valence-electron chi connectivity index (χ4n) is 2.07. The van der Waals surface area contributed by atoms with E-state index in [9.17, 15) is 0 Å². The van der Waals surface area contributed by atoms with Gasteiger partial charge >= 0.3 is 0 Å². The van der Waals surface area contributed by atoms with E-state index in [-0.39, 0.29) is 0 Å². The molecular weight excluding hydrogens is 204 g/mol. The summed E-state index contributed by atoms with van der Waals surface area (Å²) in [5.74, 6) is 0. The first-order valence-corrected chi connectivity index (χ1v) is 5.77. The number of hydrogen-bond acceptors (Lipinski definition) is 0. The topological polar surface area (TPSA) is 0 Å². The zero-order valence-corrected chi connectivity index (χ0v) is 9.89. The highest BCUT2D eigenvalue weighted by atomic mass is 14.2. The molecule has 0 N–H and O–H groups in total. The second-order valence-electron chi connectivity index (χ2n) is 3.92. The van der Waals surface area contributed by atoms with E-state index in [4.69, 9.17) is 0 Å². The van der Waals surface area contributed by atoms with Gasteiger partial charge in [0.25, 0.3) is 0 Å². The Morgan fingerprint density at radius 2 is 1.41 bits per heavy atom. The Kier molecular flexibility index (Phi) is 3.56. The summed E-state index contributed by atoms with van der Waals surface area (Å²) in [6, 6.07) is 19.2. The van der Waals surface area contributed by atoms with E-state index < -0.39 is 0 Å². The molecule has 0 radical (unpaired) electrons.